The van der Waals surface area contributed by atoms with Crippen LogP contribution in [0, 0.1) is 0 Å². The molecule has 0 aliphatic heterocycles. The Hall–Kier alpha value is -3.33. The Morgan fingerprint density at radius 3 is 2.21 bits per heavy atom. The average molecular weight is 312 g/mol. The van der Waals surface area contributed by atoms with Crippen LogP contribution in [0.1, 0.15) is 0 Å². The molecule has 0 spiro atoms. The van der Waals surface area contributed by atoms with Crippen LogP contribution in [0.2, 0.25) is 0 Å². The summed E-state index contributed by atoms with van der Waals surface area (Å²) < 4.78 is 1.69. The highest BCUT2D eigenvalue weighted by Gasteiger charge is 2.07. The molecule has 3 heteroatoms. The third kappa shape index (κ3) is 2.68. The first-order valence-electron chi connectivity index (χ1n) is 7.81. The fourth-order valence-electron chi connectivity index (χ4n) is 2.76. The van der Waals surface area contributed by atoms with Gasteiger partial charge in [0.25, 0.3) is 0 Å². The highest BCUT2D eigenvalue weighted by atomic mass is 16.3. The van der Waals surface area contributed by atoms with Crippen LogP contribution in [0.3, 0.4) is 0 Å². The molecule has 24 heavy (non-hydrogen) atoms. The number of hydrogen-bond donors (Lipinski definition) is 1. The van der Waals surface area contributed by atoms with Gasteiger partial charge in [-0.2, -0.15) is 5.10 Å². The fourth-order valence-corrected chi connectivity index (χ4v) is 2.76. The molecule has 4 rings (SSSR count). The van der Waals surface area contributed by atoms with E-state index in [-0.39, 0.29) is 5.75 Å². The van der Waals surface area contributed by atoms with Crippen molar-refractivity contribution in [2.45, 2.75) is 0 Å². The van der Waals surface area contributed by atoms with E-state index in [0.717, 1.165) is 16.8 Å². The van der Waals surface area contributed by atoms with Gasteiger partial charge in [0.15, 0.2) is 0 Å². The van der Waals surface area contributed by atoms with Gasteiger partial charge in [-0.3, -0.25) is 0 Å². The molecule has 0 aliphatic carbocycles. The molecule has 3 nitrogen and oxygen atoms in total. The minimum atomic E-state index is 0.213. The smallest absolute Gasteiger partial charge is 0.141 e. The quantitative estimate of drug-likeness (QED) is 0.583. The third-order valence-electron chi connectivity index (χ3n) is 3.98. The maximum absolute atomic E-state index is 9.98. The maximum Gasteiger partial charge on any atom is 0.141 e. The SMILES string of the molecule is Oc1ccccc1-n1ccc(-c2cccc(-c3ccccc3)c2)n1. The van der Waals surface area contributed by atoms with Gasteiger partial charge < -0.3 is 5.11 Å². The first-order valence-corrected chi connectivity index (χ1v) is 7.81. The lowest BCUT2D eigenvalue weighted by molar-refractivity contribution is 0.470. The van der Waals surface area contributed by atoms with Gasteiger partial charge in [-0.15, -0.1) is 0 Å². The summed E-state index contributed by atoms with van der Waals surface area (Å²) in [6, 6.07) is 27.7. The molecule has 0 bridgehead atoms. The number of rotatable bonds is 3. The number of aromatic hydroxyl groups is 1. The molecule has 4 aromatic rings. The number of para-hydroxylation sites is 2. The van der Waals surface area contributed by atoms with Gasteiger partial charge in [0.05, 0.1) is 5.69 Å². The summed E-state index contributed by atoms with van der Waals surface area (Å²) in [5.41, 5.74) is 4.93. The van der Waals surface area contributed by atoms with Gasteiger partial charge in [-0.1, -0.05) is 60.7 Å². The first-order chi connectivity index (χ1) is 11.8. The number of benzene rings is 3. The van der Waals surface area contributed by atoms with E-state index in [1.807, 2.05) is 54.7 Å². The van der Waals surface area contributed by atoms with E-state index in [1.54, 1.807) is 16.8 Å². The van der Waals surface area contributed by atoms with E-state index < -0.39 is 0 Å². The van der Waals surface area contributed by atoms with Crippen LogP contribution in [0.15, 0.2) is 91.1 Å². The van der Waals surface area contributed by atoms with Gasteiger partial charge in [0, 0.05) is 11.8 Å². The molecule has 0 radical (unpaired) electrons. The fraction of sp³-hybridized carbons (Fsp3) is 0. The summed E-state index contributed by atoms with van der Waals surface area (Å²) >= 11 is 0. The molecule has 0 amide bonds. The van der Waals surface area contributed by atoms with Crippen LogP contribution in [-0.2, 0) is 0 Å². The third-order valence-corrected chi connectivity index (χ3v) is 3.98. The van der Waals surface area contributed by atoms with Crippen LogP contribution in [0.25, 0.3) is 28.1 Å². The summed E-state index contributed by atoms with van der Waals surface area (Å²) in [6.45, 7) is 0. The Morgan fingerprint density at radius 2 is 1.38 bits per heavy atom. The van der Waals surface area contributed by atoms with Gasteiger partial charge in [-0.25, -0.2) is 4.68 Å². The number of hydrogen-bond acceptors (Lipinski definition) is 2. The van der Waals surface area contributed by atoms with Crippen molar-refractivity contribution in [3.63, 3.8) is 0 Å². The van der Waals surface area contributed by atoms with Crippen LogP contribution in [0.5, 0.6) is 5.75 Å². The van der Waals surface area contributed by atoms with Crippen molar-refractivity contribution in [1.29, 1.82) is 0 Å². The molecular weight excluding hydrogens is 296 g/mol. The summed E-state index contributed by atoms with van der Waals surface area (Å²) in [5, 5.41) is 14.6. The molecular formula is C21H16N2O. The van der Waals surface area contributed by atoms with Crippen LogP contribution in [0.4, 0.5) is 0 Å². The van der Waals surface area contributed by atoms with Crippen LogP contribution < -0.4 is 0 Å². The molecule has 0 fully saturated rings. The van der Waals surface area contributed by atoms with Gasteiger partial charge in [-0.05, 0) is 35.4 Å². The predicted octanol–water partition coefficient (Wildman–Crippen LogP) is 4.91. The van der Waals surface area contributed by atoms with Crippen molar-refractivity contribution in [3.05, 3.63) is 91.1 Å². The van der Waals surface area contributed by atoms with E-state index in [9.17, 15) is 5.11 Å². The van der Waals surface area contributed by atoms with E-state index in [4.69, 9.17) is 0 Å². The molecule has 0 unspecified atom stereocenters. The topological polar surface area (TPSA) is 38.0 Å². The maximum atomic E-state index is 9.98. The standard InChI is InChI=1S/C21H16N2O/c24-21-12-5-4-11-20(21)23-14-13-19(22-23)18-10-6-9-17(15-18)16-7-2-1-3-8-16/h1-15,24H. The molecule has 1 heterocycles. The molecule has 1 aromatic heterocycles. The summed E-state index contributed by atoms with van der Waals surface area (Å²) in [6.07, 6.45) is 1.86. The molecule has 116 valence electrons. The molecule has 0 saturated carbocycles. The van der Waals surface area contributed by atoms with Crippen molar-refractivity contribution in [3.8, 4) is 33.8 Å². The van der Waals surface area contributed by atoms with E-state index >= 15 is 0 Å². The van der Waals surface area contributed by atoms with Crippen molar-refractivity contribution in [2.24, 2.45) is 0 Å². The van der Waals surface area contributed by atoms with Crippen molar-refractivity contribution < 1.29 is 5.11 Å². The zero-order chi connectivity index (χ0) is 16.4. The normalized spacial score (nSPS) is 10.7. The Labute approximate surface area is 140 Å². The second-order valence-electron chi connectivity index (χ2n) is 5.58. The Morgan fingerprint density at radius 1 is 0.667 bits per heavy atom. The minimum Gasteiger partial charge on any atom is -0.506 e. The van der Waals surface area contributed by atoms with Crippen molar-refractivity contribution >= 4 is 0 Å². The number of phenols is 1. The zero-order valence-electron chi connectivity index (χ0n) is 13.0. The average Bonchev–Trinajstić information content (AvgIpc) is 3.13. The highest BCUT2D eigenvalue weighted by molar-refractivity contribution is 5.71. The first kappa shape index (κ1) is 14.3. The second-order valence-corrected chi connectivity index (χ2v) is 5.58. The minimum absolute atomic E-state index is 0.213. The van der Waals surface area contributed by atoms with E-state index in [2.05, 4.69) is 29.4 Å². The molecule has 0 atom stereocenters. The molecule has 0 saturated heterocycles. The summed E-state index contributed by atoms with van der Waals surface area (Å²) in [4.78, 5) is 0. The summed E-state index contributed by atoms with van der Waals surface area (Å²) in [5.74, 6) is 0.213. The van der Waals surface area contributed by atoms with Crippen LogP contribution in [-0.4, -0.2) is 14.9 Å². The zero-order valence-corrected chi connectivity index (χ0v) is 13.0. The largest absolute Gasteiger partial charge is 0.506 e. The lowest BCUT2D eigenvalue weighted by Gasteiger charge is -2.05. The number of nitrogens with zero attached hydrogens (tertiary/aromatic N) is 2. The summed E-state index contributed by atoms with van der Waals surface area (Å²) in [7, 11) is 0. The Kier molecular flexibility index (Phi) is 3.60. The Bertz CT molecular complexity index is 974. The second kappa shape index (κ2) is 6.05. The van der Waals surface area contributed by atoms with E-state index in [0.29, 0.717) is 5.69 Å². The van der Waals surface area contributed by atoms with Gasteiger partial charge in [0.2, 0.25) is 0 Å². The number of aromatic nitrogens is 2. The van der Waals surface area contributed by atoms with Crippen molar-refractivity contribution in [2.75, 3.05) is 0 Å². The van der Waals surface area contributed by atoms with Gasteiger partial charge >= 0.3 is 0 Å². The molecule has 0 aliphatic rings. The Balaban J connectivity index is 1.72. The monoisotopic (exact) mass is 312 g/mol. The highest BCUT2D eigenvalue weighted by Crippen LogP contribution is 2.27. The lowest BCUT2D eigenvalue weighted by atomic mass is 10.0. The van der Waals surface area contributed by atoms with Crippen LogP contribution >= 0.6 is 0 Å². The lowest BCUT2D eigenvalue weighted by Crippen LogP contribution is -1.95. The predicted molar refractivity (Wildman–Crippen MR) is 96.1 cm³/mol. The van der Waals surface area contributed by atoms with E-state index in [1.165, 1.54) is 5.56 Å². The van der Waals surface area contributed by atoms with Crippen molar-refractivity contribution in [1.82, 2.24) is 9.78 Å². The molecule has 3 aromatic carbocycles. The molecule has 1 N–H and O–H groups in total. The van der Waals surface area contributed by atoms with Gasteiger partial charge in [0.1, 0.15) is 11.4 Å². The number of phenolic OH excluding ortho intramolecular Hbond substituents is 1.